The van der Waals surface area contributed by atoms with Crippen LogP contribution < -0.4 is 5.32 Å². The molecule has 1 aliphatic heterocycles. The zero-order chi connectivity index (χ0) is 11.6. The summed E-state index contributed by atoms with van der Waals surface area (Å²) in [5, 5.41) is 4.57. The molecule has 16 heavy (non-hydrogen) atoms. The van der Waals surface area contributed by atoms with Crippen molar-refractivity contribution in [2.75, 3.05) is 12.8 Å². The number of thioether (sulfide) groups is 1. The van der Waals surface area contributed by atoms with Crippen LogP contribution in [0.15, 0.2) is 0 Å². The molecule has 2 rings (SSSR count). The third-order valence-electron chi connectivity index (χ3n) is 3.91. The zero-order valence-electron chi connectivity index (χ0n) is 10.8. The SMILES string of the molecule is CSC1CCC(NCC2CCC(C)(C)O2)C1. The van der Waals surface area contributed by atoms with E-state index in [4.69, 9.17) is 4.74 Å². The van der Waals surface area contributed by atoms with Crippen LogP contribution in [0.2, 0.25) is 0 Å². The van der Waals surface area contributed by atoms with Gasteiger partial charge in [-0.25, -0.2) is 0 Å². The van der Waals surface area contributed by atoms with Crippen molar-refractivity contribution in [2.45, 2.75) is 68.9 Å². The molecular weight excluding hydrogens is 218 g/mol. The van der Waals surface area contributed by atoms with E-state index in [1.54, 1.807) is 0 Å². The minimum Gasteiger partial charge on any atom is -0.371 e. The van der Waals surface area contributed by atoms with E-state index in [0.717, 1.165) is 17.8 Å². The summed E-state index contributed by atoms with van der Waals surface area (Å²) < 4.78 is 5.99. The van der Waals surface area contributed by atoms with Crippen molar-refractivity contribution in [3.63, 3.8) is 0 Å². The summed E-state index contributed by atoms with van der Waals surface area (Å²) in [6.07, 6.45) is 9.18. The Kier molecular flexibility index (Phi) is 4.20. The topological polar surface area (TPSA) is 21.3 Å². The van der Waals surface area contributed by atoms with Crippen molar-refractivity contribution in [1.82, 2.24) is 5.32 Å². The van der Waals surface area contributed by atoms with Gasteiger partial charge in [0, 0.05) is 17.8 Å². The van der Waals surface area contributed by atoms with Crippen molar-refractivity contribution in [3.05, 3.63) is 0 Å². The molecule has 0 amide bonds. The standard InChI is InChI=1S/C13H25NOS/c1-13(2)7-6-11(15-13)9-14-10-4-5-12(8-10)16-3/h10-12,14H,4-9H2,1-3H3. The molecule has 1 N–H and O–H groups in total. The molecule has 0 radical (unpaired) electrons. The minimum absolute atomic E-state index is 0.115. The van der Waals surface area contributed by atoms with Gasteiger partial charge in [0.15, 0.2) is 0 Å². The van der Waals surface area contributed by atoms with Crippen LogP contribution >= 0.6 is 11.8 Å². The first kappa shape index (κ1) is 12.7. The molecule has 1 aliphatic carbocycles. The van der Waals surface area contributed by atoms with Crippen molar-refractivity contribution >= 4 is 11.8 Å². The molecule has 1 heterocycles. The van der Waals surface area contributed by atoms with Crippen LogP contribution in [-0.2, 0) is 4.74 Å². The van der Waals surface area contributed by atoms with Crippen LogP contribution in [0, 0.1) is 0 Å². The normalized spacial score (nSPS) is 38.1. The molecule has 3 atom stereocenters. The molecule has 2 nitrogen and oxygen atoms in total. The number of hydrogen-bond donors (Lipinski definition) is 1. The maximum absolute atomic E-state index is 5.99. The van der Waals surface area contributed by atoms with E-state index in [1.165, 1.54) is 32.1 Å². The van der Waals surface area contributed by atoms with E-state index < -0.39 is 0 Å². The Labute approximate surface area is 104 Å². The van der Waals surface area contributed by atoms with E-state index in [-0.39, 0.29) is 5.60 Å². The van der Waals surface area contributed by atoms with Crippen molar-refractivity contribution in [2.24, 2.45) is 0 Å². The second-order valence-electron chi connectivity index (χ2n) is 5.81. The van der Waals surface area contributed by atoms with Gasteiger partial charge in [-0.15, -0.1) is 0 Å². The minimum atomic E-state index is 0.115. The lowest BCUT2D eigenvalue weighted by molar-refractivity contribution is -0.0150. The summed E-state index contributed by atoms with van der Waals surface area (Å²) in [6, 6.07) is 0.741. The molecule has 2 aliphatic rings. The van der Waals surface area contributed by atoms with Gasteiger partial charge in [-0.05, 0) is 52.2 Å². The molecule has 0 aromatic carbocycles. The highest BCUT2D eigenvalue weighted by Crippen LogP contribution is 2.30. The summed E-state index contributed by atoms with van der Waals surface area (Å²) in [7, 11) is 0. The van der Waals surface area contributed by atoms with Crippen LogP contribution in [0.3, 0.4) is 0 Å². The van der Waals surface area contributed by atoms with Crippen LogP contribution in [0.5, 0.6) is 0 Å². The fourth-order valence-corrected chi connectivity index (χ4v) is 3.66. The van der Waals surface area contributed by atoms with Gasteiger partial charge in [-0.3, -0.25) is 0 Å². The predicted molar refractivity (Wildman–Crippen MR) is 71.1 cm³/mol. The van der Waals surface area contributed by atoms with E-state index >= 15 is 0 Å². The molecule has 3 heteroatoms. The van der Waals surface area contributed by atoms with Gasteiger partial charge in [0.1, 0.15) is 0 Å². The predicted octanol–water partition coefficient (Wildman–Crippen LogP) is 2.82. The van der Waals surface area contributed by atoms with Crippen LogP contribution in [0.1, 0.15) is 46.0 Å². The monoisotopic (exact) mass is 243 g/mol. The maximum atomic E-state index is 5.99. The van der Waals surface area contributed by atoms with Crippen LogP contribution in [-0.4, -0.2) is 35.8 Å². The Morgan fingerprint density at radius 2 is 2.12 bits per heavy atom. The van der Waals surface area contributed by atoms with Crippen LogP contribution in [0.4, 0.5) is 0 Å². The Bertz CT molecular complexity index is 232. The molecule has 1 saturated carbocycles. The lowest BCUT2D eigenvalue weighted by Gasteiger charge is -2.21. The van der Waals surface area contributed by atoms with Gasteiger partial charge < -0.3 is 10.1 Å². The highest BCUT2D eigenvalue weighted by molar-refractivity contribution is 7.99. The van der Waals surface area contributed by atoms with Gasteiger partial charge in [-0.1, -0.05) is 0 Å². The Morgan fingerprint density at radius 3 is 2.69 bits per heavy atom. The molecule has 3 unspecified atom stereocenters. The van der Waals surface area contributed by atoms with Crippen molar-refractivity contribution in [1.29, 1.82) is 0 Å². The first-order chi connectivity index (χ1) is 7.59. The molecule has 0 aromatic rings. The lowest BCUT2D eigenvalue weighted by Crippen LogP contribution is -2.35. The summed E-state index contributed by atoms with van der Waals surface area (Å²) in [6.45, 7) is 5.45. The molecule has 0 aromatic heterocycles. The van der Waals surface area contributed by atoms with E-state index in [0.29, 0.717) is 6.10 Å². The second-order valence-corrected chi connectivity index (χ2v) is 6.95. The average molecular weight is 243 g/mol. The first-order valence-corrected chi connectivity index (χ1v) is 7.82. The maximum Gasteiger partial charge on any atom is 0.0707 e. The lowest BCUT2D eigenvalue weighted by atomic mass is 10.1. The Morgan fingerprint density at radius 1 is 1.31 bits per heavy atom. The van der Waals surface area contributed by atoms with Gasteiger partial charge >= 0.3 is 0 Å². The third kappa shape index (κ3) is 3.38. The summed E-state index contributed by atoms with van der Waals surface area (Å²) in [5.41, 5.74) is 0.115. The molecule has 1 saturated heterocycles. The molecule has 0 bridgehead atoms. The Hall–Kier alpha value is 0.270. The van der Waals surface area contributed by atoms with Crippen LogP contribution in [0.25, 0.3) is 0 Å². The second kappa shape index (κ2) is 5.28. The van der Waals surface area contributed by atoms with E-state index in [9.17, 15) is 0 Å². The van der Waals surface area contributed by atoms with Gasteiger partial charge in [-0.2, -0.15) is 11.8 Å². The largest absolute Gasteiger partial charge is 0.371 e. The van der Waals surface area contributed by atoms with E-state index in [2.05, 4.69) is 25.4 Å². The molecule has 2 fully saturated rings. The van der Waals surface area contributed by atoms with Gasteiger partial charge in [0.2, 0.25) is 0 Å². The number of rotatable bonds is 4. The number of nitrogens with one attached hydrogen (secondary N) is 1. The molecular formula is C13H25NOS. The zero-order valence-corrected chi connectivity index (χ0v) is 11.6. The number of hydrogen-bond acceptors (Lipinski definition) is 3. The fourth-order valence-electron chi connectivity index (χ4n) is 2.86. The highest BCUT2D eigenvalue weighted by atomic mass is 32.2. The van der Waals surface area contributed by atoms with Gasteiger partial charge in [0.05, 0.1) is 11.7 Å². The summed E-state index contributed by atoms with van der Waals surface area (Å²) in [5.74, 6) is 0. The quantitative estimate of drug-likeness (QED) is 0.820. The average Bonchev–Trinajstić information content (AvgIpc) is 2.81. The van der Waals surface area contributed by atoms with E-state index in [1.807, 2.05) is 11.8 Å². The number of ether oxygens (including phenoxy) is 1. The third-order valence-corrected chi connectivity index (χ3v) is 5.00. The smallest absolute Gasteiger partial charge is 0.0707 e. The summed E-state index contributed by atoms with van der Waals surface area (Å²) in [4.78, 5) is 0. The Balaban J connectivity index is 1.65. The highest BCUT2D eigenvalue weighted by Gasteiger charge is 2.32. The first-order valence-electron chi connectivity index (χ1n) is 6.53. The molecule has 94 valence electrons. The fraction of sp³-hybridized carbons (Fsp3) is 1.00. The molecule has 0 spiro atoms. The van der Waals surface area contributed by atoms with Crippen molar-refractivity contribution in [3.8, 4) is 0 Å². The van der Waals surface area contributed by atoms with Gasteiger partial charge in [0.25, 0.3) is 0 Å². The van der Waals surface area contributed by atoms with Crippen molar-refractivity contribution < 1.29 is 4.74 Å². The summed E-state index contributed by atoms with van der Waals surface area (Å²) >= 11 is 2.02.